The first-order valence-electron chi connectivity index (χ1n) is 7.92. The number of aromatic nitrogens is 2. The minimum Gasteiger partial charge on any atom is -0.444 e. The first-order valence-corrected chi connectivity index (χ1v) is 7.92. The quantitative estimate of drug-likeness (QED) is 0.917. The smallest absolute Gasteiger partial charge is 0.410 e. The van der Waals surface area contributed by atoms with E-state index in [1.54, 1.807) is 12.0 Å². The molecule has 1 aromatic rings. The highest BCUT2D eigenvalue weighted by atomic mass is 16.6. The average molecular weight is 322 g/mol. The Hall–Kier alpha value is -1.89. The Morgan fingerprint density at radius 3 is 2.65 bits per heavy atom. The highest BCUT2D eigenvalue weighted by Gasteiger charge is 2.26. The summed E-state index contributed by atoms with van der Waals surface area (Å²) in [6, 6.07) is 2.18. The molecule has 0 aliphatic carbocycles. The summed E-state index contributed by atoms with van der Waals surface area (Å²) >= 11 is 0. The molecule has 1 N–H and O–H groups in total. The van der Waals surface area contributed by atoms with Crippen molar-refractivity contribution in [1.82, 2.24) is 14.9 Å². The lowest BCUT2D eigenvalue weighted by Gasteiger charge is -2.33. The summed E-state index contributed by atoms with van der Waals surface area (Å²) in [5.74, 6) is 0.794. The van der Waals surface area contributed by atoms with Gasteiger partial charge in [-0.25, -0.2) is 14.8 Å². The number of methoxy groups -OCH3 is 1. The molecule has 7 nitrogen and oxygen atoms in total. The second-order valence-electron chi connectivity index (χ2n) is 6.71. The number of hydrogen-bond acceptors (Lipinski definition) is 6. The van der Waals surface area contributed by atoms with Gasteiger partial charge in [0, 0.05) is 32.3 Å². The van der Waals surface area contributed by atoms with Crippen LogP contribution in [0.1, 0.15) is 39.3 Å². The normalized spacial score (nSPS) is 16.3. The molecule has 0 atom stereocenters. The molecule has 128 valence electrons. The SMILES string of the molecule is COCc1cc(NC2CCN(C(=O)OC(C)(C)C)CC2)ncn1. The van der Waals surface area contributed by atoms with Crippen LogP contribution in [0.2, 0.25) is 0 Å². The number of hydrogen-bond donors (Lipinski definition) is 1. The zero-order valence-corrected chi connectivity index (χ0v) is 14.3. The molecular weight excluding hydrogens is 296 g/mol. The third-order valence-electron chi connectivity index (χ3n) is 3.51. The third kappa shape index (κ3) is 5.67. The molecule has 1 aliphatic rings. The van der Waals surface area contributed by atoms with E-state index >= 15 is 0 Å². The molecule has 1 aliphatic heterocycles. The number of rotatable bonds is 4. The van der Waals surface area contributed by atoms with Crippen LogP contribution in [0.3, 0.4) is 0 Å². The molecule has 1 amide bonds. The maximum atomic E-state index is 12.0. The molecule has 0 unspecified atom stereocenters. The van der Waals surface area contributed by atoms with E-state index in [-0.39, 0.29) is 6.09 Å². The van der Waals surface area contributed by atoms with E-state index in [9.17, 15) is 4.79 Å². The van der Waals surface area contributed by atoms with E-state index in [0.29, 0.717) is 25.7 Å². The van der Waals surface area contributed by atoms with Crippen molar-refractivity contribution in [2.45, 2.75) is 51.9 Å². The molecule has 0 radical (unpaired) electrons. The molecule has 0 bridgehead atoms. The van der Waals surface area contributed by atoms with Crippen LogP contribution in [-0.2, 0) is 16.1 Å². The number of nitrogens with one attached hydrogen (secondary N) is 1. The fourth-order valence-electron chi connectivity index (χ4n) is 2.45. The van der Waals surface area contributed by atoms with Gasteiger partial charge in [0.1, 0.15) is 17.7 Å². The van der Waals surface area contributed by atoms with E-state index in [4.69, 9.17) is 9.47 Å². The van der Waals surface area contributed by atoms with E-state index in [0.717, 1.165) is 24.4 Å². The third-order valence-corrected chi connectivity index (χ3v) is 3.51. The minimum absolute atomic E-state index is 0.236. The van der Waals surface area contributed by atoms with Crippen LogP contribution in [0.25, 0.3) is 0 Å². The molecule has 7 heteroatoms. The Kier molecular flexibility index (Phi) is 5.76. The Morgan fingerprint density at radius 2 is 2.04 bits per heavy atom. The number of carbonyl (C=O) groups excluding carboxylic acids is 1. The lowest BCUT2D eigenvalue weighted by Crippen LogP contribution is -2.44. The average Bonchev–Trinajstić information content (AvgIpc) is 2.47. The molecule has 2 rings (SSSR count). The van der Waals surface area contributed by atoms with Crippen molar-refractivity contribution < 1.29 is 14.3 Å². The predicted octanol–water partition coefficient (Wildman–Crippen LogP) is 2.43. The van der Waals surface area contributed by atoms with Gasteiger partial charge in [-0.05, 0) is 33.6 Å². The summed E-state index contributed by atoms with van der Waals surface area (Å²) in [5.41, 5.74) is 0.390. The Labute approximate surface area is 137 Å². The topological polar surface area (TPSA) is 76.6 Å². The van der Waals surface area contributed by atoms with Gasteiger partial charge in [0.15, 0.2) is 0 Å². The van der Waals surface area contributed by atoms with Crippen molar-refractivity contribution in [2.75, 3.05) is 25.5 Å². The van der Waals surface area contributed by atoms with Gasteiger partial charge >= 0.3 is 6.09 Å². The highest BCUT2D eigenvalue weighted by molar-refractivity contribution is 5.68. The summed E-state index contributed by atoms with van der Waals surface area (Å²) in [4.78, 5) is 22.2. The summed E-state index contributed by atoms with van der Waals surface area (Å²) < 4.78 is 10.5. The summed E-state index contributed by atoms with van der Waals surface area (Å²) in [6.07, 6.45) is 3.03. The second-order valence-corrected chi connectivity index (χ2v) is 6.71. The Balaban J connectivity index is 1.83. The van der Waals surface area contributed by atoms with Gasteiger partial charge in [-0.1, -0.05) is 0 Å². The zero-order valence-electron chi connectivity index (χ0n) is 14.3. The molecule has 1 fully saturated rings. The molecule has 1 aromatic heterocycles. The predicted molar refractivity (Wildman–Crippen MR) is 87.2 cm³/mol. The van der Waals surface area contributed by atoms with Crippen molar-refractivity contribution in [3.63, 3.8) is 0 Å². The zero-order chi connectivity index (χ0) is 16.9. The first kappa shape index (κ1) is 17.5. The van der Waals surface area contributed by atoms with Crippen LogP contribution in [0.15, 0.2) is 12.4 Å². The lowest BCUT2D eigenvalue weighted by atomic mass is 10.1. The molecule has 1 saturated heterocycles. The monoisotopic (exact) mass is 322 g/mol. The largest absolute Gasteiger partial charge is 0.444 e. The van der Waals surface area contributed by atoms with E-state index < -0.39 is 5.60 Å². The number of amides is 1. The van der Waals surface area contributed by atoms with Crippen LogP contribution >= 0.6 is 0 Å². The van der Waals surface area contributed by atoms with Crippen LogP contribution in [0.5, 0.6) is 0 Å². The molecule has 0 spiro atoms. The number of piperidine rings is 1. The number of anilines is 1. The van der Waals surface area contributed by atoms with Crippen LogP contribution in [-0.4, -0.2) is 52.8 Å². The van der Waals surface area contributed by atoms with Crippen molar-refractivity contribution in [2.24, 2.45) is 0 Å². The van der Waals surface area contributed by atoms with Crippen LogP contribution in [0.4, 0.5) is 10.6 Å². The van der Waals surface area contributed by atoms with Gasteiger partial charge in [0.05, 0.1) is 12.3 Å². The van der Waals surface area contributed by atoms with Gasteiger partial charge < -0.3 is 19.7 Å². The van der Waals surface area contributed by atoms with Crippen LogP contribution < -0.4 is 5.32 Å². The van der Waals surface area contributed by atoms with Crippen LogP contribution in [0, 0.1) is 0 Å². The van der Waals surface area contributed by atoms with Gasteiger partial charge in [-0.15, -0.1) is 0 Å². The standard InChI is InChI=1S/C16H26N4O3/c1-16(2,3)23-15(21)20-7-5-12(6-8-20)19-14-9-13(10-22-4)17-11-18-14/h9,11-12H,5-8,10H2,1-4H3,(H,17,18,19). The molecule has 0 saturated carbocycles. The van der Waals surface area contributed by atoms with Gasteiger partial charge in [-0.3, -0.25) is 0 Å². The van der Waals surface area contributed by atoms with Gasteiger partial charge in [-0.2, -0.15) is 0 Å². The fraction of sp³-hybridized carbons (Fsp3) is 0.688. The molecule has 0 aromatic carbocycles. The molecule has 2 heterocycles. The highest BCUT2D eigenvalue weighted by Crippen LogP contribution is 2.18. The Bertz CT molecular complexity index is 522. The molecule has 23 heavy (non-hydrogen) atoms. The maximum Gasteiger partial charge on any atom is 0.410 e. The van der Waals surface area contributed by atoms with Crippen molar-refractivity contribution in [3.8, 4) is 0 Å². The number of likely N-dealkylation sites (tertiary alicyclic amines) is 1. The fourth-order valence-corrected chi connectivity index (χ4v) is 2.45. The van der Waals surface area contributed by atoms with E-state index in [1.807, 2.05) is 26.8 Å². The van der Waals surface area contributed by atoms with Crippen molar-refractivity contribution >= 4 is 11.9 Å². The minimum atomic E-state index is -0.453. The van der Waals surface area contributed by atoms with Gasteiger partial charge in [0.2, 0.25) is 0 Å². The molecular formula is C16H26N4O3. The number of carbonyl (C=O) groups is 1. The van der Waals surface area contributed by atoms with Gasteiger partial charge in [0.25, 0.3) is 0 Å². The van der Waals surface area contributed by atoms with E-state index in [2.05, 4.69) is 15.3 Å². The lowest BCUT2D eigenvalue weighted by molar-refractivity contribution is 0.0210. The summed E-state index contributed by atoms with van der Waals surface area (Å²) in [5, 5.41) is 3.40. The second kappa shape index (κ2) is 7.59. The number of ether oxygens (including phenoxy) is 2. The summed E-state index contributed by atoms with van der Waals surface area (Å²) in [7, 11) is 1.64. The maximum absolute atomic E-state index is 12.0. The summed E-state index contributed by atoms with van der Waals surface area (Å²) in [6.45, 7) is 7.48. The van der Waals surface area contributed by atoms with Crippen molar-refractivity contribution in [1.29, 1.82) is 0 Å². The Morgan fingerprint density at radius 1 is 1.35 bits per heavy atom. The van der Waals surface area contributed by atoms with E-state index in [1.165, 1.54) is 6.33 Å². The number of nitrogens with zero attached hydrogens (tertiary/aromatic N) is 3. The van der Waals surface area contributed by atoms with Crippen molar-refractivity contribution in [3.05, 3.63) is 18.1 Å². The first-order chi connectivity index (χ1) is 10.9.